The Morgan fingerprint density at radius 2 is 2.08 bits per heavy atom. The van der Waals surface area contributed by atoms with Crippen molar-refractivity contribution in [2.75, 3.05) is 25.3 Å². The van der Waals surface area contributed by atoms with Crippen LogP contribution < -0.4 is 0 Å². The van der Waals surface area contributed by atoms with Gasteiger partial charge < -0.3 is 5.11 Å². The summed E-state index contributed by atoms with van der Waals surface area (Å²) in [6.45, 7) is 1.48. The van der Waals surface area contributed by atoms with Gasteiger partial charge in [0.25, 0.3) is 0 Å². The molecule has 1 N–H and O–H groups in total. The van der Waals surface area contributed by atoms with Crippen molar-refractivity contribution in [2.24, 2.45) is 0 Å². The maximum absolute atomic E-state index is 11.4. The van der Waals surface area contributed by atoms with E-state index in [4.69, 9.17) is 16.7 Å². The maximum Gasteiger partial charge on any atom is 0.214 e. The lowest BCUT2D eigenvalue weighted by Crippen LogP contribution is -2.38. The summed E-state index contributed by atoms with van der Waals surface area (Å²) in [6.07, 6.45) is 0.437. The zero-order valence-corrected chi connectivity index (χ0v) is 9.48. The Hall–Kier alpha value is 0.160. The topological polar surface area (TPSA) is 57.6 Å². The molecule has 0 aliphatic carbocycles. The van der Waals surface area contributed by atoms with Crippen molar-refractivity contribution >= 4 is 21.6 Å². The summed E-state index contributed by atoms with van der Waals surface area (Å²) in [6, 6.07) is -0.375. The highest BCUT2D eigenvalue weighted by Crippen LogP contribution is 2.05. The molecule has 1 atom stereocenters. The van der Waals surface area contributed by atoms with Gasteiger partial charge in [0, 0.05) is 19.0 Å². The van der Waals surface area contributed by atoms with E-state index in [0.29, 0.717) is 12.3 Å². The van der Waals surface area contributed by atoms with E-state index in [1.807, 2.05) is 0 Å². The van der Waals surface area contributed by atoms with Crippen molar-refractivity contribution in [2.45, 2.75) is 19.4 Å². The molecule has 0 aliphatic rings. The standard InChI is InChI=1S/C7H16ClNO3S/c1-7(6-10)9(2)13(11,12)5-3-4-8/h7,10H,3-6H2,1-2H3. The van der Waals surface area contributed by atoms with Crippen molar-refractivity contribution in [1.29, 1.82) is 0 Å². The molecule has 4 nitrogen and oxygen atoms in total. The zero-order valence-electron chi connectivity index (χ0n) is 7.90. The summed E-state index contributed by atoms with van der Waals surface area (Å²) in [4.78, 5) is 0. The van der Waals surface area contributed by atoms with Crippen LogP contribution in [0, 0.1) is 0 Å². The van der Waals surface area contributed by atoms with Crippen LogP contribution in [0.2, 0.25) is 0 Å². The van der Waals surface area contributed by atoms with Crippen LogP contribution in [-0.2, 0) is 10.0 Å². The summed E-state index contributed by atoms with van der Waals surface area (Å²) < 4.78 is 24.1. The van der Waals surface area contributed by atoms with Gasteiger partial charge in [-0.05, 0) is 13.3 Å². The Morgan fingerprint density at radius 1 is 1.54 bits per heavy atom. The molecule has 0 aromatic carbocycles. The Labute approximate surface area is 84.5 Å². The highest BCUT2D eigenvalue weighted by molar-refractivity contribution is 7.89. The molecule has 6 heteroatoms. The molecule has 0 spiro atoms. The summed E-state index contributed by atoms with van der Waals surface area (Å²) in [5.41, 5.74) is 0. The molecular weight excluding hydrogens is 214 g/mol. The lowest BCUT2D eigenvalue weighted by molar-refractivity contribution is 0.214. The van der Waals surface area contributed by atoms with Gasteiger partial charge in [0.05, 0.1) is 12.4 Å². The predicted molar refractivity (Wildman–Crippen MR) is 53.4 cm³/mol. The minimum atomic E-state index is -3.24. The predicted octanol–water partition coefficient (Wildman–Crippen LogP) is 0.258. The first kappa shape index (κ1) is 13.2. The number of nitrogens with zero attached hydrogens (tertiary/aromatic N) is 1. The average molecular weight is 230 g/mol. The Morgan fingerprint density at radius 3 is 2.46 bits per heavy atom. The fourth-order valence-electron chi connectivity index (χ4n) is 0.770. The molecule has 0 aromatic heterocycles. The number of aliphatic hydroxyl groups excluding tert-OH is 1. The molecule has 0 amide bonds. The van der Waals surface area contributed by atoms with Crippen LogP contribution in [0.4, 0.5) is 0 Å². The lowest BCUT2D eigenvalue weighted by atomic mass is 10.4. The van der Waals surface area contributed by atoms with Crippen LogP contribution in [-0.4, -0.2) is 49.2 Å². The lowest BCUT2D eigenvalue weighted by Gasteiger charge is -2.22. The van der Waals surface area contributed by atoms with Gasteiger partial charge >= 0.3 is 0 Å². The summed E-state index contributed by atoms with van der Waals surface area (Å²) >= 11 is 5.39. The number of sulfonamides is 1. The van der Waals surface area contributed by atoms with Crippen LogP contribution in [0.5, 0.6) is 0 Å². The minimum Gasteiger partial charge on any atom is -0.395 e. The van der Waals surface area contributed by atoms with E-state index < -0.39 is 10.0 Å². The molecule has 0 bridgehead atoms. The summed E-state index contributed by atoms with van der Waals surface area (Å²) in [7, 11) is -1.78. The quantitative estimate of drug-likeness (QED) is 0.665. The monoisotopic (exact) mass is 229 g/mol. The van der Waals surface area contributed by atoms with Crippen LogP contribution in [0.1, 0.15) is 13.3 Å². The molecule has 1 unspecified atom stereocenters. The van der Waals surface area contributed by atoms with E-state index in [2.05, 4.69) is 0 Å². The van der Waals surface area contributed by atoms with Gasteiger partial charge in [0.1, 0.15) is 0 Å². The minimum absolute atomic E-state index is 0.0390. The molecule has 0 aromatic rings. The molecule has 0 fully saturated rings. The fraction of sp³-hybridized carbons (Fsp3) is 1.00. The van der Waals surface area contributed by atoms with E-state index in [1.165, 1.54) is 11.4 Å². The molecule has 0 heterocycles. The van der Waals surface area contributed by atoms with Gasteiger partial charge in [-0.15, -0.1) is 11.6 Å². The van der Waals surface area contributed by atoms with Crippen LogP contribution in [0.3, 0.4) is 0 Å². The number of hydrogen-bond donors (Lipinski definition) is 1. The Balaban J connectivity index is 4.28. The molecule has 13 heavy (non-hydrogen) atoms. The van der Waals surface area contributed by atoms with Crippen molar-refractivity contribution in [1.82, 2.24) is 4.31 Å². The van der Waals surface area contributed by atoms with Gasteiger partial charge in [0.2, 0.25) is 10.0 Å². The molecule has 0 radical (unpaired) electrons. The van der Waals surface area contributed by atoms with Gasteiger partial charge in [-0.2, -0.15) is 4.31 Å². The van der Waals surface area contributed by atoms with Crippen LogP contribution >= 0.6 is 11.6 Å². The third-order valence-corrected chi connectivity index (χ3v) is 4.17. The van der Waals surface area contributed by atoms with Crippen LogP contribution in [0.25, 0.3) is 0 Å². The van der Waals surface area contributed by atoms with Gasteiger partial charge in [-0.25, -0.2) is 8.42 Å². The number of halogens is 1. The first-order valence-electron chi connectivity index (χ1n) is 4.08. The van der Waals surface area contributed by atoms with E-state index in [1.54, 1.807) is 6.92 Å². The van der Waals surface area contributed by atoms with Crippen LogP contribution in [0.15, 0.2) is 0 Å². The SMILES string of the molecule is CC(CO)N(C)S(=O)(=O)CCCCl. The third-order valence-electron chi connectivity index (χ3n) is 1.86. The largest absolute Gasteiger partial charge is 0.395 e. The summed E-state index contributed by atoms with van der Waals surface area (Å²) in [5.74, 6) is 0.373. The summed E-state index contributed by atoms with van der Waals surface area (Å²) in [5, 5.41) is 8.76. The number of likely N-dealkylation sites (N-methyl/N-ethyl adjacent to an activating group) is 1. The molecule has 0 aliphatic heterocycles. The van der Waals surface area contributed by atoms with Crippen molar-refractivity contribution in [3.63, 3.8) is 0 Å². The van der Waals surface area contributed by atoms with Crippen molar-refractivity contribution in [3.8, 4) is 0 Å². The van der Waals surface area contributed by atoms with Gasteiger partial charge in [-0.3, -0.25) is 0 Å². The number of rotatable bonds is 6. The Bertz CT molecular complexity index is 230. The molecule has 80 valence electrons. The zero-order chi connectivity index (χ0) is 10.5. The normalized spacial score (nSPS) is 14.8. The molecule has 0 saturated carbocycles. The van der Waals surface area contributed by atoms with Gasteiger partial charge in [0.15, 0.2) is 0 Å². The number of hydrogen-bond acceptors (Lipinski definition) is 3. The van der Waals surface area contributed by atoms with E-state index >= 15 is 0 Å². The second kappa shape index (κ2) is 5.80. The number of alkyl halides is 1. The van der Waals surface area contributed by atoms with E-state index in [0.717, 1.165) is 0 Å². The highest BCUT2D eigenvalue weighted by Gasteiger charge is 2.21. The van der Waals surface area contributed by atoms with Gasteiger partial charge in [-0.1, -0.05) is 0 Å². The second-order valence-electron chi connectivity index (χ2n) is 2.91. The van der Waals surface area contributed by atoms with Crippen molar-refractivity contribution in [3.05, 3.63) is 0 Å². The first-order valence-corrected chi connectivity index (χ1v) is 6.22. The van der Waals surface area contributed by atoms with Crippen molar-refractivity contribution < 1.29 is 13.5 Å². The highest BCUT2D eigenvalue weighted by atomic mass is 35.5. The maximum atomic E-state index is 11.4. The first-order chi connectivity index (χ1) is 5.95. The molecule has 0 rings (SSSR count). The van der Waals surface area contributed by atoms with E-state index in [-0.39, 0.29) is 18.4 Å². The third kappa shape index (κ3) is 4.26. The second-order valence-corrected chi connectivity index (χ2v) is 5.43. The molecule has 0 saturated heterocycles. The number of aliphatic hydroxyl groups is 1. The Kier molecular flexibility index (Phi) is 5.87. The van der Waals surface area contributed by atoms with E-state index in [9.17, 15) is 8.42 Å². The smallest absolute Gasteiger partial charge is 0.214 e. The fourth-order valence-corrected chi connectivity index (χ4v) is 2.47. The average Bonchev–Trinajstić information content (AvgIpc) is 2.12. The molecular formula is C7H16ClNO3S.